The van der Waals surface area contributed by atoms with E-state index >= 15 is 0 Å². The van der Waals surface area contributed by atoms with E-state index in [9.17, 15) is 15.0 Å². The number of hydrogen-bond acceptors (Lipinski definition) is 4. The average Bonchev–Trinajstić information content (AvgIpc) is 2.28. The zero-order valence-electron chi connectivity index (χ0n) is 9.93. The fourth-order valence-electron chi connectivity index (χ4n) is 1.48. The van der Waals surface area contributed by atoms with Gasteiger partial charge in [-0.15, -0.1) is 0 Å². The number of hydrogen-bond donors (Lipinski definition) is 3. The summed E-state index contributed by atoms with van der Waals surface area (Å²) in [7, 11) is 1.55. The first-order valence-corrected chi connectivity index (χ1v) is 5.40. The zero-order valence-corrected chi connectivity index (χ0v) is 9.93. The lowest BCUT2D eigenvalue weighted by Crippen LogP contribution is -2.37. The highest BCUT2D eigenvalue weighted by Crippen LogP contribution is 2.25. The topological polar surface area (TPSA) is 78.8 Å². The minimum atomic E-state index is -0.510. The highest BCUT2D eigenvalue weighted by Gasteiger charge is 2.18. The van der Waals surface area contributed by atoms with Crippen molar-refractivity contribution in [2.45, 2.75) is 19.4 Å². The number of methoxy groups -OCH3 is 1. The van der Waals surface area contributed by atoms with Crippen LogP contribution in [0.3, 0.4) is 0 Å². The number of carbonyl (C=O) groups is 1. The van der Waals surface area contributed by atoms with Gasteiger partial charge in [0.2, 0.25) is 0 Å². The van der Waals surface area contributed by atoms with E-state index in [0.717, 1.165) is 0 Å². The molecule has 0 bridgehead atoms. The van der Waals surface area contributed by atoms with Crippen LogP contribution in [0.4, 0.5) is 0 Å². The molecule has 0 radical (unpaired) electrons. The summed E-state index contributed by atoms with van der Waals surface area (Å²) in [5, 5.41) is 21.7. The smallest absolute Gasteiger partial charge is 0.259 e. The molecule has 0 saturated heterocycles. The number of carbonyl (C=O) groups excluding carboxylic acids is 1. The van der Waals surface area contributed by atoms with Crippen molar-refractivity contribution in [2.75, 3.05) is 13.7 Å². The lowest BCUT2D eigenvalue weighted by atomic mass is 10.1. The van der Waals surface area contributed by atoms with Gasteiger partial charge in [-0.05, 0) is 18.6 Å². The van der Waals surface area contributed by atoms with E-state index in [0.29, 0.717) is 13.0 Å². The molecule has 1 rings (SSSR count). The lowest BCUT2D eigenvalue weighted by Gasteiger charge is -2.16. The third kappa shape index (κ3) is 3.35. The normalized spacial score (nSPS) is 12.1. The summed E-state index contributed by atoms with van der Waals surface area (Å²) < 4.78 is 4.95. The summed E-state index contributed by atoms with van der Waals surface area (Å²) >= 11 is 0. The molecule has 17 heavy (non-hydrogen) atoms. The Morgan fingerprint density at radius 3 is 2.47 bits per heavy atom. The number of phenols is 2. The van der Waals surface area contributed by atoms with Gasteiger partial charge in [0, 0.05) is 7.11 Å². The van der Waals surface area contributed by atoms with Crippen molar-refractivity contribution >= 4 is 5.91 Å². The van der Waals surface area contributed by atoms with Crippen LogP contribution in [0, 0.1) is 0 Å². The first-order chi connectivity index (χ1) is 8.10. The minimum absolute atomic E-state index is 0.109. The van der Waals surface area contributed by atoms with Crippen molar-refractivity contribution < 1.29 is 19.7 Å². The molecule has 1 atom stereocenters. The van der Waals surface area contributed by atoms with Gasteiger partial charge in [0.1, 0.15) is 17.1 Å². The highest BCUT2D eigenvalue weighted by atomic mass is 16.5. The van der Waals surface area contributed by atoms with Gasteiger partial charge in [0.15, 0.2) is 0 Å². The van der Waals surface area contributed by atoms with E-state index in [4.69, 9.17) is 4.74 Å². The van der Waals surface area contributed by atoms with Crippen LogP contribution < -0.4 is 5.32 Å². The molecule has 0 heterocycles. The summed E-state index contributed by atoms with van der Waals surface area (Å²) in [5.74, 6) is -0.992. The Morgan fingerprint density at radius 1 is 1.41 bits per heavy atom. The minimum Gasteiger partial charge on any atom is -0.507 e. The summed E-state index contributed by atoms with van der Waals surface area (Å²) in [6.45, 7) is 2.30. The molecule has 94 valence electrons. The second-order valence-electron chi connectivity index (χ2n) is 3.71. The van der Waals surface area contributed by atoms with Crippen LogP contribution in [0.25, 0.3) is 0 Å². The summed E-state index contributed by atoms with van der Waals surface area (Å²) in [5.41, 5.74) is -0.109. The Morgan fingerprint density at radius 2 is 2.00 bits per heavy atom. The Hall–Kier alpha value is -1.75. The molecule has 0 aliphatic rings. The molecule has 0 fully saturated rings. The maximum atomic E-state index is 11.8. The van der Waals surface area contributed by atoms with E-state index in [1.165, 1.54) is 18.2 Å². The second-order valence-corrected chi connectivity index (χ2v) is 3.71. The first kappa shape index (κ1) is 13.3. The van der Waals surface area contributed by atoms with Crippen molar-refractivity contribution in [2.24, 2.45) is 0 Å². The summed E-state index contributed by atoms with van der Waals surface area (Å²) in [4.78, 5) is 11.8. The Labute approximate surface area is 100 Å². The van der Waals surface area contributed by atoms with Crippen LogP contribution in [0.5, 0.6) is 11.5 Å². The zero-order chi connectivity index (χ0) is 12.8. The molecule has 0 aromatic heterocycles. The largest absolute Gasteiger partial charge is 0.507 e. The van der Waals surface area contributed by atoms with Crippen molar-refractivity contribution in [1.29, 1.82) is 0 Å². The van der Waals surface area contributed by atoms with Crippen LogP contribution in [0.15, 0.2) is 18.2 Å². The Kier molecular flexibility index (Phi) is 4.78. The van der Waals surface area contributed by atoms with Crippen LogP contribution in [-0.4, -0.2) is 35.9 Å². The quantitative estimate of drug-likeness (QED) is 0.722. The molecule has 5 nitrogen and oxygen atoms in total. The van der Waals surface area contributed by atoms with E-state index in [1.54, 1.807) is 7.11 Å². The summed E-state index contributed by atoms with van der Waals surface area (Å²) in [6.07, 6.45) is 0.702. The molecular weight excluding hydrogens is 222 g/mol. The number of ether oxygens (including phenoxy) is 1. The fourth-order valence-corrected chi connectivity index (χ4v) is 1.48. The van der Waals surface area contributed by atoms with Crippen molar-refractivity contribution in [3.8, 4) is 11.5 Å². The van der Waals surface area contributed by atoms with Gasteiger partial charge in [-0.25, -0.2) is 0 Å². The average molecular weight is 239 g/mol. The van der Waals surface area contributed by atoms with Gasteiger partial charge in [-0.2, -0.15) is 0 Å². The molecule has 0 aliphatic heterocycles. The van der Waals surface area contributed by atoms with Gasteiger partial charge >= 0.3 is 0 Å². The predicted molar refractivity (Wildman–Crippen MR) is 63.2 cm³/mol. The van der Waals surface area contributed by atoms with Crippen molar-refractivity contribution in [3.63, 3.8) is 0 Å². The monoisotopic (exact) mass is 239 g/mol. The van der Waals surface area contributed by atoms with Gasteiger partial charge in [0.25, 0.3) is 5.91 Å². The van der Waals surface area contributed by atoms with Crippen LogP contribution in [0.1, 0.15) is 23.7 Å². The van der Waals surface area contributed by atoms with Crippen LogP contribution >= 0.6 is 0 Å². The van der Waals surface area contributed by atoms with Gasteiger partial charge in [-0.3, -0.25) is 4.79 Å². The third-order valence-corrected chi connectivity index (χ3v) is 2.44. The molecular formula is C12H17NO4. The van der Waals surface area contributed by atoms with Gasteiger partial charge in [0.05, 0.1) is 12.6 Å². The second kappa shape index (κ2) is 6.10. The maximum Gasteiger partial charge on any atom is 0.259 e. The number of nitrogens with one attached hydrogen (secondary N) is 1. The van der Waals surface area contributed by atoms with Crippen molar-refractivity contribution in [3.05, 3.63) is 23.8 Å². The number of phenolic OH excluding ortho intramolecular Hbond substituents is 2. The molecule has 1 aromatic carbocycles. The number of amides is 1. The SMILES string of the molecule is CCC(COC)NC(=O)c1c(O)cccc1O. The van der Waals surface area contributed by atoms with E-state index in [-0.39, 0.29) is 23.1 Å². The fraction of sp³-hybridized carbons (Fsp3) is 0.417. The number of benzene rings is 1. The van der Waals surface area contributed by atoms with Crippen LogP contribution in [-0.2, 0) is 4.74 Å². The molecule has 0 aliphatic carbocycles. The van der Waals surface area contributed by atoms with Gasteiger partial charge in [-0.1, -0.05) is 13.0 Å². The number of aromatic hydroxyl groups is 2. The number of rotatable bonds is 5. The van der Waals surface area contributed by atoms with Crippen molar-refractivity contribution in [1.82, 2.24) is 5.32 Å². The molecule has 1 amide bonds. The Bertz CT molecular complexity index is 372. The van der Waals surface area contributed by atoms with Gasteiger partial charge < -0.3 is 20.3 Å². The van der Waals surface area contributed by atoms with E-state index < -0.39 is 5.91 Å². The Balaban J connectivity index is 2.82. The lowest BCUT2D eigenvalue weighted by molar-refractivity contribution is 0.0889. The molecule has 5 heteroatoms. The van der Waals surface area contributed by atoms with E-state index in [2.05, 4.69) is 5.32 Å². The summed E-state index contributed by atoms with van der Waals surface area (Å²) in [6, 6.07) is 4.03. The third-order valence-electron chi connectivity index (χ3n) is 2.44. The molecule has 3 N–H and O–H groups in total. The predicted octanol–water partition coefficient (Wildman–Crippen LogP) is 1.25. The molecule has 0 saturated carbocycles. The van der Waals surface area contributed by atoms with E-state index in [1.807, 2.05) is 6.92 Å². The standard InChI is InChI=1S/C12H17NO4/c1-3-8(7-17-2)13-12(16)11-9(14)5-4-6-10(11)15/h4-6,8,14-15H,3,7H2,1-2H3,(H,13,16). The molecule has 1 unspecified atom stereocenters. The molecule has 0 spiro atoms. The first-order valence-electron chi connectivity index (χ1n) is 5.40. The maximum absolute atomic E-state index is 11.8. The highest BCUT2D eigenvalue weighted by molar-refractivity contribution is 5.99. The van der Waals surface area contributed by atoms with Crippen LogP contribution in [0.2, 0.25) is 0 Å². The molecule has 1 aromatic rings.